The highest BCUT2D eigenvalue weighted by molar-refractivity contribution is 5.71. The summed E-state index contributed by atoms with van der Waals surface area (Å²) in [5.41, 5.74) is 5.10. The molecule has 0 aromatic heterocycles. The molecule has 0 radical (unpaired) electrons. The van der Waals surface area contributed by atoms with Crippen molar-refractivity contribution in [1.82, 2.24) is 0 Å². The second-order valence-corrected chi connectivity index (χ2v) is 9.25. The number of halogens is 1. The third kappa shape index (κ3) is 7.44. The number of carbonyl (C=O) groups is 1. The number of hydrogen-bond donors (Lipinski definition) is 1. The van der Waals surface area contributed by atoms with E-state index in [2.05, 4.69) is 33.9 Å². The lowest BCUT2D eigenvalue weighted by Crippen LogP contribution is -2.13. The summed E-state index contributed by atoms with van der Waals surface area (Å²) < 4.78 is 26.1. The first-order chi connectivity index (χ1) is 16.6. The smallest absolute Gasteiger partial charge is 0.303 e. The standard InChI is InChI=1S/C28H31FO4.C2H4/c1-18-14-22(9-7-20(18)8-13-27(30)31)33-17-19-6-11-25(28(2,3)4)23(15-19)24-16-21(32-5)10-12-26(24)29;1-2/h6-7,9-12,14-16H,8,13,17H2,1-5H3,(H,30,31);1-2H2. The molecule has 35 heavy (non-hydrogen) atoms. The van der Waals surface area contributed by atoms with Gasteiger partial charge in [-0.1, -0.05) is 39.0 Å². The molecule has 5 heteroatoms. The summed E-state index contributed by atoms with van der Waals surface area (Å²) in [5, 5.41) is 8.90. The van der Waals surface area contributed by atoms with E-state index in [0.717, 1.165) is 27.8 Å². The van der Waals surface area contributed by atoms with Crippen LogP contribution in [0, 0.1) is 12.7 Å². The zero-order valence-corrected chi connectivity index (χ0v) is 21.3. The van der Waals surface area contributed by atoms with Crippen molar-refractivity contribution < 1.29 is 23.8 Å². The van der Waals surface area contributed by atoms with Gasteiger partial charge in [0.05, 0.1) is 7.11 Å². The molecule has 0 heterocycles. The van der Waals surface area contributed by atoms with Crippen molar-refractivity contribution in [3.05, 3.63) is 95.8 Å². The summed E-state index contributed by atoms with van der Waals surface area (Å²) in [6, 6.07) is 16.5. The number of benzene rings is 3. The third-order valence-corrected chi connectivity index (χ3v) is 5.68. The number of hydrogen-bond acceptors (Lipinski definition) is 3. The SMILES string of the molecule is C=C.COc1ccc(F)c(-c2cc(COc3ccc(CCC(=O)O)c(C)c3)ccc2C(C)(C)C)c1. The van der Waals surface area contributed by atoms with Crippen molar-refractivity contribution in [2.45, 2.75) is 52.6 Å². The Morgan fingerprint density at radius 2 is 1.66 bits per heavy atom. The minimum Gasteiger partial charge on any atom is -0.497 e. The van der Waals surface area contributed by atoms with Gasteiger partial charge in [0.25, 0.3) is 0 Å². The van der Waals surface area contributed by atoms with E-state index in [0.29, 0.717) is 30.1 Å². The maximum atomic E-state index is 14.8. The Hall–Kier alpha value is -3.60. The third-order valence-electron chi connectivity index (χ3n) is 5.68. The Bertz CT molecular complexity index is 1160. The largest absolute Gasteiger partial charge is 0.497 e. The number of carboxylic acid groups (broad SMARTS) is 1. The summed E-state index contributed by atoms with van der Waals surface area (Å²) in [5.74, 6) is 0.204. The van der Waals surface area contributed by atoms with Gasteiger partial charge in [-0.05, 0) is 83.0 Å². The molecule has 4 nitrogen and oxygen atoms in total. The highest BCUT2D eigenvalue weighted by atomic mass is 19.1. The summed E-state index contributed by atoms with van der Waals surface area (Å²) >= 11 is 0. The van der Waals surface area contributed by atoms with E-state index in [1.54, 1.807) is 19.2 Å². The molecule has 0 aliphatic carbocycles. The van der Waals surface area contributed by atoms with E-state index in [1.807, 2.05) is 43.3 Å². The Labute approximate surface area is 208 Å². The van der Waals surface area contributed by atoms with Crippen LogP contribution in [0.1, 0.15) is 49.4 Å². The van der Waals surface area contributed by atoms with Gasteiger partial charge in [0.2, 0.25) is 0 Å². The van der Waals surface area contributed by atoms with Gasteiger partial charge in [0.15, 0.2) is 0 Å². The predicted octanol–water partition coefficient (Wildman–Crippen LogP) is 7.51. The van der Waals surface area contributed by atoms with Crippen LogP contribution in [-0.4, -0.2) is 18.2 Å². The first kappa shape index (κ1) is 27.6. The lowest BCUT2D eigenvalue weighted by Gasteiger charge is -2.24. The zero-order valence-electron chi connectivity index (χ0n) is 21.3. The Balaban J connectivity index is 0.00000210. The summed E-state index contributed by atoms with van der Waals surface area (Å²) in [4.78, 5) is 10.8. The molecule has 0 saturated carbocycles. The average molecular weight is 479 g/mol. The van der Waals surface area contributed by atoms with Crippen LogP contribution in [0.15, 0.2) is 67.8 Å². The first-order valence-corrected chi connectivity index (χ1v) is 11.5. The van der Waals surface area contributed by atoms with Crippen molar-refractivity contribution in [2.75, 3.05) is 7.11 Å². The Kier molecular flexibility index (Phi) is 9.64. The van der Waals surface area contributed by atoms with Crippen molar-refractivity contribution >= 4 is 5.97 Å². The van der Waals surface area contributed by atoms with Crippen LogP contribution in [0.4, 0.5) is 4.39 Å². The second kappa shape index (κ2) is 12.2. The number of carboxylic acids is 1. The van der Waals surface area contributed by atoms with Gasteiger partial charge >= 0.3 is 5.97 Å². The monoisotopic (exact) mass is 478 g/mol. The van der Waals surface area contributed by atoms with E-state index in [9.17, 15) is 9.18 Å². The fourth-order valence-electron chi connectivity index (χ4n) is 3.84. The van der Waals surface area contributed by atoms with Crippen LogP contribution in [-0.2, 0) is 23.2 Å². The zero-order chi connectivity index (χ0) is 26.2. The van der Waals surface area contributed by atoms with Gasteiger partial charge in [-0.25, -0.2) is 4.39 Å². The number of rotatable bonds is 8. The fourth-order valence-corrected chi connectivity index (χ4v) is 3.84. The quantitative estimate of drug-likeness (QED) is 0.341. The van der Waals surface area contributed by atoms with Gasteiger partial charge < -0.3 is 14.6 Å². The van der Waals surface area contributed by atoms with Crippen molar-refractivity contribution in [1.29, 1.82) is 0 Å². The van der Waals surface area contributed by atoms with Crippen LogP contribution < -0.4 is 9.47 Å². The van der Waals surface area contributed by atoms with E-state index in [1.165, 1.54) is 6.07 Å². The van der Waals surface area contributed by atoms with Crippen LogP contribution in [0.5, 0.6) is 11.5 Å². The molecule has 1 N–H and O–H groups in total. The molecule has 3 aromatic carbocycles. The Morgan fingerprint density at radius 1 is 0.971 bits per heavy atom. The van der Waals surface area contributed by atoms with E-state index < -0.39 is 5.97 Å². The van der Waals surface area contributed by atoms with Crippen LogP contribution in [0.25, 0.3) is 11.1 Å². The Morgan fingerprint density at radius 3 is 2.26 bits per heavy atom. The molecule has 0 aliphatic heterocycles. The number of aliphatic carboxylic acids is 1. The van der Waals surface area contributed by atoms with Gasteiger partial charge in [-0.3, -0.25) is 4.79 Å². The van der Waals surface area contributed by atoms with Gasteiger partial charge in [0, 0.05) is 12.0 Å². The topological polar surface area (TPSA) is 55.8 Å². The molecule has 0 spiro atoms. The molecule has 0 aliphatic rings. The number of ether oxygens (including phenoxy) is 2. The van der Waals surface area contributed by atoms with Crippen LogP contribution in [0.2, 0.25) is 0 Å². The van der Waals surface area contributed by atoms with Crippen molar-refractivity contribution in [3.8, 4) is 22.6 Å². The summed E-state index contributed by atoms with van der Waals surface area (Å²) in [6.07, 6.45) is 0.593. The maximum absolute atomic E-state index is 14.8. The van der Waals surface area contributed by atoms with Gasteiger partial charge in [0.1, 0.15) is 23.9 Å². The molecule has 0 unspecified atom stereocenters. The molecular weight excluding hydrogens is 443 g/mol. The molecular formula is C30H35FO4. The fraction of sp³-hybridized carbons (Fsp3) is 0.300. The highest BCUT2D eigenvalue weighted by Gasteiger charge is 2.21. The molecule has 0 bridgehead atoms. The second-order valence-electron chi connectivity index (χ2n) is 9.25. The lowest BCUT2D eigenvalue weighted by molar-refractivity contribution is -0.136. The highest BCUT2D eigenvalue weighted by Crippen LogP contribution is 2.36. The summed E-state index contributed by atoms with van der Waals surface area (Å²) in [7, 11) is 1.57. The summed E-state index contributed by atoms with van der Waals surface area (Å²) in [6.45, 7) is 14.6. The maximum Gasteiger partial charge on any atom is 0.303 e. The average Bonchev–Trinajstić information content (AvgIpc) is 2.83. The van der Waals surface area contributed by atoms with Gasteiger partial charge in [-0.15, -0.1) is 13.2 Å². The molecule has 0 saturated heterocycles. The van der Waals surface area contributed by atoms with Gasteiger partial charge in [-0.2, -0.15) is 0 Å². The van der Waals surface area contributed by atoms with E-state index >= 15 is 0 Å². The molecule has 0 fully saturated rings. The molecule has 3 aromatic rings. The van der Waals surface area contributed by atoms with E-state index in [4.69, 9.17) is 14.6 Å². The molecule has 3 rings (SSSR count). The van der Waals surface area contributed by atoms with Crippen molar-refractivity contribution in [2.24, 2.45) is 0 Å². The minimum atomic E-state index is -0.809. The lowest BCUT2D eigenvalue weighted by atomic mass is 9.81. The van der Waals surface area contributed by atoms with E-state index in [-0.39, 0.29) is 17.7 Å². The number of methoxy groups -OCH3 is 1. The van der Waals surface area contributed by atoms with Crippen LogP contribution >= 0.6 is 0 Å². The first-order valence-electron chi connectivity index (χ1n) is 11.5. The van der Waals surface area contributed by atoms with Crippen LogP contribution in [0.3, 0.4) is 0 Å². The minimum absolute atomic E-state index is 0.102. The predicted molar refractivity (Wildman–Crippen MR) is 140 cm³/mol. The normalized spacial score (nSPS) is 10.8. The van der Waals surface area contributed by atoms with Crippen molar-refractivity contribution in [3.63, 3.8) is 0 Å². The number of aryl methyl sites for hydroxylation is 2. The molecule has 186 valence electrons. The molecule has 0 atom stereocenters. The molecule has 0 amide bonds.